The van der Waals surface area contributed by atoms with Crippen molar-refractivity contribution in [3.63, 3.8) is 0 Å². The van der Waals surface area contributed by atoms with Gasteiger partial charge >= 0.3 is 5.97 Å². The Labute approximate surface area is 139 Å². The molecule has 0 aliphatic heterocycles. The number of benzene rings is 1. The first-order chi connectivity index (χ1) is 10.7. The summed E-state index contributed by atoms with van der Waals surface area (Å²) >= 11 is 6.14. The van der Waals surface area contributed by atoms with Crippen molar-refractivity contribution < 1.29 is 22.5 Å². The predicted molar refractivity (Wildman–Crippen MR) is 85.5 cm³/mol. The van der Waals surface area contributed by atoms with Crippen molar-refractivity contribution >= 4 is 27.4 Å². The number of aryl methyl sites for hydroxylation is 1. The Kier molecular flexibility index (Phi) is 4.81. The van der Waals surface area contributed by atoms with Crippen molar-refractivity contribution in [1.82, 2.24) is 5.16 Å². The van der Waals surface area contributed by atoms with Gasteiger partial charge in [0.2, 0.25) is 0 Å². The van der Waals surface area contributed by atoms with Crippen molar-refractivity contribution in [2.24, 2.45) is 0 Å². The van der Waals surface area contributed by atoms with Crippen molar-refractivity contribution in [1.29, 1.82) is 0 Å². The summed E-state index contributed by atoms with van der Waals surface area (Å²) in [6.07, 6.45) is 1.05. The number of ether oxygens (including phenoxy) is 1. The lowest BCUT2D eigenvalue weighted by Crippen LogP contribution is -2.11. The van der Waals surface area contributed by atoms with Gasteiger partial charge in [0.05, 0.1) is 27.8 Å². The zero-order chi connectivity index (χ0) is 17.4. The van der Waals surface area contributed by atoms with Gasteiger partial charge in [-0.3, -0.25) is 0 Å². The molecule has 1 aromatic carbocycles. The molecule has 8 heteroatoms. The molecule has 1 aromatic heterocycles. The van der Waals surface area contributed by atoms with Gasteiger partial charge in [0.15, 0.2) is 15.6 Å². The standard InChI is InChI=1S/C15H16ClNO5S/c1-5-21-15(18)10-7-11(16)14(23(4,19)20)13(9(10)3)12-6-8(2)17-22-12/h6-7H,5H2,1-4H3. The van der Waals surface area contributed by atoms with E-state index in [1.807, 2.05) is 0 Å². The molecule has 0 bridgehead atoms. The van der Waals surface area contributed by atoms with E-state index in [9.17, 15) is 13.2 Å². The van der Waals surface area contributed by atoms with Crippen LogP contribution in [-0.2, 0) is 14.6 Å². The second kappa shape index (κ2) is 6.33. The lowest BCUT2D eigenvalue weighted by atomic mass is 10.00. The number of aromatic nitrogens is 1. The number of carbonyl (C=O) groups excluding carboxylic acids is 1. The second-order valence-electron chi connectivity index (χ2n) is 5.06. The maximum absolute atomic E-state index is 12.2. The summed E-state index contributed by atoms with van der Waals surface area (Å²) in [5, 5.41) is 3.70. The second-order valence-corrected chi connectivity index (χ2v) is 7.42. The average Bonchev–Trinajstić information content (AvgIpc) is 2.85. The Morgan fingerprint density at radius 2 is 2.00 bits per heavy atom. The third-order valence-corrected chi connectivity index (χ3v) is 4.81. The van der Waals surface area contributed by atoms with E-state index in [4.69, 9.17) is 20.9 Å². The van der Waals surface area contributed by atoms with Gasteiger partial charge in [0, 0.05) is 17.9 Å². The van der Waals surface area contributed by atoms with E-state index < -0.39 is 15.8 Å². The molecule has 0 saturated carbocycles. The highest BCUT2D eigenvalue weighted by Gasteiger charge is 2.27. The molecule has 23 heavy (non-hydrogen) atoms. The zero-order valence-corrected chi connectivity index (χ0v) is 14.7. The number of nitrogens with zero attached hydrogens (tertiary/aromatic N) is 1. The molecule has 0 aliphatic carbocycles. The Balaban J connectivity index is 2.86. The van der Waals surface area contributed by atoms with Crippen molar-refractivity contribution in [3.05, 3.63) is 34.0 Å². The normalized spacial score (nSPS) is 11.5. The summed E-state index contributed by atoms with van der Waals surface area (Å²) in [4.78, 5) is 12.0. The summed E-state index contributed by atoms with van der Waals surface area (Å²) in [6, 6.07) is 2.89. The van der Waals surface area contributed by atoms with Crippen molar-refractivity contribution in [3.8, 4) is 11.3 Å². The molecule has 0 unspecified atom stereocenters. The third-order valence-electron chi connectivity index (χ3n) is 3.23. The zero-order valence-electron chi connectivity index (χ0n) is 13.1. The molecule has 0 spiro atoms. The van der Waals surface area contributed by atoms with Crippen LogP contribution in [0.15, 0.2) is 21.6 Å². The van der Waals surface area contributed by atoms with Crippen LogP contribution in [-0.4, -0.2) is 32.4 Å². The van der Waals surface area contributed by atoms with Crippen LogP contribution in [0.4, 0.5) is 0 Å². The summed E-state index contributed by atoms with van der Waals surface area (Å²) in [5.74, 6) is -0.349. The Hall–Kier alpha value is -1.86. The van der Waals surface area contributed by atoms with Gasteiger partial charge in [0.25, 0.3) is 0 Å². The summed E-state index contributed by atoms with van der Waals surface area (Å²) < 4.78 is 34.5. The molecule has 2 aromatic rings. The van der Waals surface area contributed by atoms with Gasteiger partial charge in [-0.05, 0) is 32.4 Å². The molecule has 0 atom stereocenters. The first kappa shape index (κ1) is 17.5. The number of rotatable bonds is 4. The van der Waals surface area contributed by atoms with E-state index in [-0.39, 0.29) is 33.4 Å². The lowest BCUT2D eigenvalue weighted by Gasteiger charge is -2.14. The minimum atomic E-state index is -3.65. The van der Waals surface area contributed by atoms with E-state index >= 15 is 0 Å². The molecule has 6 nitrogen and oxygen atoms in total. The SMILES string of the molecule is CCOC(=O)c1cc(Cl)c(S(C)(=O)=O)c(-c2cc(C)no2)c1C. The van der Waals surface area contributed by atoms with Crippen LogP contribution < -0.4 is 0 Å². The number of sulfone groups is 1. The van der Waals surface area contributed by atoms with Gasteiger partial charge in [-0.1, -0.05) is 16.8 Å². The van der Waals surface area contributed by atoms with Crippen LogP contribution in [0.25, 0.3) is 11.3 Å². The number of esters is 1. The fraction of sp³-hybridized carbons (Fsp3) is 0.333. The number of carbonyl (C=O) groups is 1. The third kappa shape index (κ3) is 3.40. The molecule has 1 heterocycles. The monoisotopic (exact) mass is 357 g/mol. The minimum absolute atomic E-state index is 0.0646. The minimum Gasteiger partial charge on any atom is -0.462 e. The van der Waals surface area contributed by atoms with Crippen LogP contribution in [0.1, 0.15) is 28.5 Å². The topological polar surface area (TPSA) is 86.5 Å². The average molecular weight is 358 g/mol. The molecule has 2 rings (SSSR count). The first-order valence-corrected chi connectivity index (χ1v) is 9.07. The van der Waals surface area contributed by atoms with E-state index in [1.165, 1.54) is 6.07 Å². The highest BCUT2D eigenvalue weighted by atomic mass is 35.5. The van der Waals surface area contributed by atoms with Gasteiger partial charge in [0.1, 0.15) is 0 Å². The Morgan fingerprint density at radius 3 is 2.48 bits per heavy atom. The molecule has 0 radical (unpaired) electrons. The highest BCUT2D eigenvalue weighted by molar-refractivity contribution is 7.91. The van der Waals surface area contributed by atoms with Gasteiger partial charge in [-0.2, -0.15) is 0 Å². The number of hydrogen-bond acceptors (Lipinski definition) is 6. The van der Waals surface area contributed by atoms with Crippen molar-refractivity contribution in [2.45, 2.75) is 25.7 Å². The van der Waals surface area contributed by atoms with Crippen LogP contribution >= 0.6 is 11.6 Å². The van der Waals surface area contributed by atoms with Gasteiger partial charge in [-0.15, -0.1) is 0 Å². The first-order valence-electron chi connectivity index (χ1n) is 6.80. The maximum atomic E-state index is 12.2. The number of halogens is 1. The molecular weight excluding hydrogens is 342 g/mol. The van der Waals surface area contributed by atoms with Crippen LogP contribution in [0.3, 0.4) is 0 Å². The summed E-state index contributed by atoms with van der Waals surface area (Å²) in [6.45, 7) is 5.20. The van der Waals surface area contributed by atoms with Crippen LogP contribution in [0.5, 0.6) is 0 Å². The van der Waals surface area contributed by atoms with Crippen LogP contribution in [0, 0.1) is 13.8 Å². The fourth-order valence-corrected chi connectivity index (χ4v) is 3.95. The molecule has 0 fully saturated rings. The van der Waals surface area contributed by atoms with E-state index in [0.717, 1.165) is 6.26 Å². The molecule has 0 aliphatic rings. The molecule has 0 amide bonds. The Morgan fingerprint density at radius 1 is 1.35 bits per heavy atom. The molecule has 0 saturated heterocycles. The molecule has 0 N–H and O–H groups in total. The predicted octanol–water partition coefficient (Wildman–Crippen LogP) is 3.19. The fourth-order valence-electron chi connectivity index (χ4n) is 2.29. The van der Waals surface area contributed by atoms with Crippen molar-refractivity contribution in [2.75, 3.05) is 12.9 Å². The lowest BCUT2D eigenvalue weighted by molar-refractivity contribution is 0.0525. The number of hydrogen-bond donors (Lipinski definition) is 0. The molecular formula is C15H16ClNO5S. The van der Waals surface area contributed by atoms with E-state index in [2.05, 4.69) is 5.16 Å². The Bertz CT molecular complexity index is 870. The van der Waals surface area contributed by atoms with E-state index in [0.29, 0.717) is 11.3 Å². The maximum Gasteiger partial charge on any atom is 0.338 e. The summed E-state index contributed by atoms with van der Waals surface area (Å²) in [5.41, 5.74) is 1.40. The smallest absolute Gasteiger partial charge is 0.338 e. The quantitative estimate of drug-likeness (QED) is 0.781. The van der Waals surface area contributed by atoms with Gasteiger partial charge in [-0.25, -0.2) is 13.2 Å². The largest absolute Gasteiger partial charge is 0.462 e. The highest BCUT2D eigenvalue weighted by Crippen LogP contribution is 2.38. The van der Waals surface area contributed by atoms with E-state index in [1.54, 1.807) is 26.8 Å². The van der Waals surface area contributed by atoms with Gasteiger partial charge < -0.3 is 9.26 Å². The molecule has 124 valence electrons. The summed E-state index contributed by atoms with van der Waals surface area (Å²) in [7, 11) is -3.65. The van der Waals surface area contributed by atoms with Crippen LogP contribution in [0.2, 0.25) is 5.02 Å².